The Morgan fingerprint density at radius 3 is 2.42 bits per heavy atom. The van der Waals surface area contributed by atoms with Crippen molar-refractivity contribution in [3.05, 3.63) is 0 Å². The highest BCUT2D eigenvalue weighted by Crippen LogP contribution is 1.85. The molecule has 0 spiro atoms. The van der Waals surface area contributed by atoms with Gasteiger partial charge in [-0.1, -0.05) is 13.3 Å². The maximum Gasteiger partial charge on any atom is 0.286 e. The Balaban J connectivity index is 2.73. The van der Waals surface area contributed by atoms with Gasteiger partial charge < -0.3 is 16.5 Å². The lowest BCUT2D eigenvalue weighted by Gasteiger charge is -2.04. The van der Waals surface area contributed by atoms with Crippen molar-refractivity contribution in [2.24, 2.45) is 0 Å². The minimum atomic E-state index is -0.716. The highest BCUT2D eigenvalue weighted by atomic mass is 28.4. The van der Waals surface area contributed by atoms with E-state index in [4.69, 9.17) is 16.5 Å². The summed E-state index contributed by atoms with van der Waals surface area (Å²) in [5, 5.41) is 0. The molecule has 0 radical (unpaired) electrons. The number of hydrogen-bond acceptors (Lipinski definition) is 4. The first kappa shape index (κ1) is 12.9. The van der Waals surface area contributed by atoms with Gasteiger partial charge in [0.2, 0.25) is 0 Å². The Labute approximate surface area is 86.4 Å². The fourth-order valence-corrected chi connectivity index (χ4v) is 7.93. The summed E-state index contributed by atoms with van der Waals surface area (Å²) in [4.78, 5) is 0. The van der Waals surface area contributed by atoms with Gasteiger partial charge in [0.15, 0.2) is 0 Å². The van der Waals surface area contributed by atoms with Crippen LogP contribution >= 0.6 is 0 Å². The van der Waals surface area contributed by atoms with Crippen molar-refractivity contribution in [1.29, 1.82) is 0 Å². The van der Waals surface area contributed by atoms with Gasteiger partial charge in [0, 0.05) is 0 Å². The van der Waals surface area contributed by atoms with E-state index < -0.39 is 30.0 Å². The van der Waals surface area contributed by atoms with Gasteiger partial charge in [0.1, 0.15) is 20.2 Å². The Morgan fingerprint density at radius 2 is 1.75 bits per heavy atom. The average Bonchev–Trinajstić information content (AvgIpc) is 2.10. The van der Waals surface area contributed by atoms with Crippen LogP contribution in [-0.2, 0) is 16.5 Å². The SMILES string of the molecule is CCC[SiH2]O[SiH2]O[SiH2]O[SiH2]O[SiH3]. The summed E-state index contributed by atoms with van der Waals surface area (Å²) in [5.41, 5.74) is 0. The van der Waals surface area contributed by atoms with Gasteiger partial charge in [-0.25, -0.2) is 0 Å². The van der Waals surface area contributed by atoms with Gasteiger partial charge in [0.05, 0.1) is 0 Å². The lowest BCUT2D eigenvalue weighted by atomic mass is 10.6. The van der Waals surface area contributed by atoms with Crippen molar-refractivity contribution in [3.63, 3.8) is 0 Å². The topological polar surface area (TPSA) is 36.9 Å². The zero-order valence-electron chi connectivity index (χ0n) is 7.88. The van der Waals surface area contributed by atoms with Crippen LogP contribution in [0.25, 0.3) is 0 Å². The Bertz CT molecular complexity index is 75.1. The quantitative estimate of drug-likeness (QED) is 0.315. The summed E-state index contributed by atoms with van der Waals surface area (Å²) < 4.78 is 21.0. The van der Waals surface area contributed by atoms with Gasteiger partial charge in [-0.2, -0.15) is 0 Å². The van der Waals surface area contributed by atoms with Crippen LogP contribution < -0.4 is 0 Å². The normalized spacial score (nSPS) is 14.8. The van der Waals surface area contributed by atoms with Gasteiger partial charge >= 0.3 is 0 Å². The molecule has 0 aromatic carbocycles. The van der Waals surface area contributed by atoms with E-state index in [-0.39, 0.29) is 9.76 Å². The van der Waals surface area contributed by atoms with E-state index in [0.717, 1.165) is 10.5 Å². The molecule has 0 aromatic heterocycles. The van der Waals surface area contributed by atoms with Crippen LogP contribution in [0.3, 0.4) is 0 Å². The van der Waals surface area contributed by atoms with E-state index in [9.17, 15) is 0 Å². The predicted octanol–water partition coefficient (Wildman–Crippen LogP) is -3.76. The molecular weight excluding hydrogens is 240 g/mol. The van der Waals surface area contributed by atoms with Gasteiger partial charge in [-0.05, 0) is 6.04 Å². The summed E-state index contributed by atoms with van der Waals surface area (Å²) in [7, 11) is -1.46. The van der Waals surface area contributed by atoms with E-state index in [0.29, 0.717) is 0 Å². The van der Waals surface area contributed by atoms with Crippen LogP contribution in [-0.4, -0.2) is 50.3 Å². The molecule has 0 atom stereocenters. The molecule has 0 N–H and O–H groups in total. The predicted molar refractivity (Wildman–Crippen MR) is 63.6 cm³/mol. The minimum absolute atomic E-state index is 0.238. The van der Waals surface area contributed by atoms with Crippen LogP contribution in [0.2, 0.25) is 6.04 Å². The maximum absolute atomic E-state index is 5.45. The number of hydrogen-bond donors (Lipinski definition) is 0. The van der Waals surface area contributed by atoms with Crippen molar-refractivity contribution >= 4 is 50.3 Å². The summed E-state index contributed by atoms with van der Waals surface area (Å²) in [6, 6.07) is 1.27. The Hall–Kier alpha value is 0.924. The van der Waals surface area contributed by atoms with E-state index >= 15 is 0 Å². The number of rotatable bonds is 9. The fourth-order valence-electron chi connectivity index (χ4n) is 0.575. The van der Waals surface area contributed by atoms with Gasteiger partial charge in [-0.15, -0.1) is 0 Å². The second-order valence-corrected chi connectivity index (χ2v) is 11.3. The monoisotopic (exact) mass is 258 g/mol. The zero-order valence-corrected chi connectivity index (χ0v) is 15.5. The summed E-state index contributed by atoms with van der Waals surface area (Å²) in [6.45, 7) is 2.19. The lowest BCUT2D eigenvalue weighted by Crippen LogP contribution is -2.15. The van der Waals surface area contributed by atoms with Crippen molar-refractivity contribution in [1.82, 2.24) is 0 Å². The molecule has 0 saturated heterocycles. The standard InChI is InChI=1S/C3H18O4Si5/c1-2-3-9-5-11-7-12-6-10-4-8/h2-3,9-12H2,1,8H3. The van der Waals surface area contributed by atoms with Gasteiger partial charge in [-0.3, -0.25) is 0 Å². The molecule has 0 aromatic rings. The third-order valence-electron chi connectivity index (χ3n) is 1.18. The smallest absolute Gasteiger partial charge is 0.286 e. The van der Waals surface area contributed by atoms with Crippen molar-refractivity contribution in [2.75, 3.05) is 0 Å². The third kappa shape index (κ3) is 10.9. The van der Waals surface area contributed by atoms with E-state index in [1.165, 1.54) is 12.5 Å². The molecule has 0 amide bonds. The van der Waals surface area contributed by atoms with E-state index in [1.54, 1.807) is 0 Å². The zero-order chi connectivity index (χ0) is 9.07. The fraction of sp³-hybridized carbons (Fsp3) is 1.00. The molecule has 0 fully saturated rings. The van der Waals surface area contributed by atoms with E-state index in [1.807, 2.05) is 0 Å². The lowest BCUT2D eigenvalue weighted by molar-refractivity contribution is 0.407. The molecule has 0 aliphatic rings. The summed E-state index contributed by atoms with van der Waals surface area (Å²) >= 11 is 0. The summed E-state index contributed by atoms with van der Waals surface area (Å²) in [6.07, 6.45) is 1.25. The molecule has 0 unspecified atom stereocenters. The minimum Gasteiger partial charge on any atom is -0.449 e. The van der Waals surface area contributed by atoms with Crippen LogP contribution in [0.15, 0.2) is 0 Å². The van der Waals surface area contributed by atoms with Gasteiger partial charge in [0.25, 0.3) is 30.0 Å². The first-order valence-corrected chi connectivity index (χ1v) is 9.99. The molecule has 0 heterocycles. The molecule has 0 aliphatic carbocycles. The largest absolute Gasteiger partial charge is 0.449 e. The molecular formula is C3H18O4Si5. The first-order valence-electron chi connectivity index (χ1n) is 4.14. The second kappa shape index (κ2) is 11.9. The molecule has 0 aliphatic heterocycles. The first-order chi connectivity index (χ1) is 5.91. The average molecular weight is 259 g/mol. The van der Waals surface area contributed by atoms with Crippen LogP contribution in [0, 0.1) is 0 Å². The van der Waals surface area contributed by atoms with Crippen LogP contribution in [0.5, 0.6) is 0 Å². The van der Waals surface area contributed by atoms with Crippen molar-refractivity contribution in [2.45, 2.75) is 19.4 Å². The second-order valence-electron chi connectivity index (χ2n) is 2.31. The molecule has 9 heteroatoms. The van der Waals surface area contributed by atoms with Crippen LogP contribution in [0.1, 0.15) is 13.3 Å². The van der Waals surface area contributed by atoms with Crippen molar-refractivity contribution < 1.29 is 16.5 Å². The molecule has 0 rings (SSSR count). The highest BCUT2D eigenvalue weighted by molar-refractivity contribution is 6.46. The van der Waals surface area contributed by atoms with Crippen molar-refractivity contribution in [3.8, 4) is 0 Å². The third-order valence-corrected chi connectivity index (χ3v) is 7.60. The Morgan fingerprint density at radius 1 is 1.08 bits per heavy atom. The molecule has 74 valence electrons. The molecule has 0 bridgehead atoms. The van der Waals surface area contributed by atoms with E-state index in [2.05, 4.69) is 6.92 Å². The molecule has 12 heavy (non-hydrogen) atoms. The molecule has 0 saturated carbocycles. The Kier molecular flexibility index (Phi) is 12.8. The van der Waals surface area contributed by atoms with Crippen LogP contribution in [0.4, 0.5) is 0 Å². The maximum atomic E-state index is 5.45. The highest BCUT2D eigenvalue weighted by Gasteiger charge is 1.91. The summed E-state index contributed by atoms with van der Waals surface area (Å²) in [5.74, 6) is 0. The molecule has 4 nitrogen and oxygen atoms in total.